The van der Waals surface area contributed by atoms with Crippen LogP contribution in [0.2, 0.25) is 10.1 Å². The Labute approximate surface area is 113 Å². The highest BCUT2D eigenvalue weighted by atomic mass is 28.3. The van der Waals surface area contributed by atoms with Crippen molar-refractivity contribution in [2.24, 2.45) is 0 Å². The Morgan fingerprint density at radius 3 is 1.50 bits per heavy atom. The molecule has 1 aromatic rings. The molecule has 0 atom stereocenters. The summed E-state index contributed by atoms with van der Waals surface area (Å²) in [5, 5.41) is 0.395. The van der Waals surface area contributed by atoms with Gasteiger partial charge in [-0.3, -0.25) is 0 Å². The maximum absolute atomic E-state index is 6.29. The van der Waals surface area contributed by atoms with Gasteiger partial charge in [0.15, 0.2) is 0 Å². The predicted molar refractivity (Wildman–Crippen MR) is 78.8 cm³/mol. The molecule has 0 N–H and O–H groups in total. The lowest BCUT2D eigenvalue weighted by Gasteiger charge is -2.37. The molecule has 101 valence electrons. The van der Waals surface area contributed by atoms with Crippen LogP contribution in [0.4, 0.5) is 0 Å². The van der Waals surface area contributed by atoms with Crippen LogP contribution in [0.5, 0.6) is 11.5 Å². The molecule has 0 aliphatic carbocycles. The second kappa shape index (κ2) is 5.35. The summed E-state index contributed by atoms with van der Waals surface area (Å²) < 4.78 is 11.5. The van der Waals surface area contributed by atoms with Gasteiger partial charge in [0.1, 0.15) is 11.5 Å². The minimum absolute atomic E-state index is 0.197. The molecule has 0 spiro atoms. The lowest BCUT2D eigenvalue weighted by atomic mass is 10.2. The summed E-state index contributed by atoms with van der Waals surface area (Å²) in [5.41, 5.74) is 0. The van der Waals surface area contributed by atoms with E-state index in [4.69, 9.17) is 9.16 Å². The number of rotatable bonds is 3. The molecule has 2 nitrogen and oxygen atoms in total. The zero-order valence-corrected chi connectivity index (χ0v) is 13.6. The van der Waals surface area contributed by atoms with Crippen LogP contribution in [0.25, 0.3) is 0 Å². The van der Waals surface area contributed by atoms with E-state index in [9.17, 15) is 0 Å². The molecule has 0 saturated carbocycles. The minimum atomic E-state index is -0.988. The second-order valence-corrected chi connectivity index (χ2v) is 10.5. The average molecular weight is 265 g/mol. The predicted octanol–water partition coefficient (Wildman–Crippen LogP) is 4.67. The fourth-order valence-electron chi connectivity index (χ4n) is 2.19. The first-order valence-corrected chi connectivity index (χ1v) is 7.75. The van der Waals surface area contributed by atoms with Crippen molar-refractivity contribution < 1.29 is 9.16 Å². The van der Waals surface area contributed by atoms with Crippen LogP contribution in [0.3, 0.4) is 0 Å². The van der Waals surface area contributed by atoms with E-state index in [-0.39, 0.29) is 10.1 Å². The van der Waals surface area contributed by atoms with Crippen molar-refractivity contribution in [1.29, 1.82) is 0 Å². The Bertz CT molecular complexity index is 357. The molecule has 0 unspecified atom stereocenters. The molecule has 0 fully saturated rings. The van der Waals surface area contributed by atoms with Gasteiger partial charge in [-0.1, -0.05) is 41.5 Å². The van der Waals surface area contributed by atoms with Crippen molar-refractivity contribution in [3.8, 4) is 11.5 Å². The molecule has 18 heavy (non-hydrogen) atoms. The number of methoxy groups -OCH3 is 1. The van der Waals surface area contributed by atoms with E-state index in [2.05, 4.69) is 41.5 Å². The fourth-order valence-corrected chi connectivity index (χ4v) is 5.43. The number of hydrogen-bond acceptors (Lipinski definition) is 2. The Kier molecular flexibility index (Phi) is 4.49. The molecule has 0 aliphatic heterocycles. The first kappa shape index (κ1) is 15.1. The smallest absolute Gasteiger partial charge is 0.292 e. The third-order valence-corrected chi connectivity index (χ3v) is 5.81. The standard InChI is InChI=1S/C15H25O2Si/c1-14(2,3)18(15(4,5)6)17-13-10-8-12(16-7)9-11-13/h8-11H,1-7H3. The highest BCUT2D eigenvalue weighted by Gasteiger charge is 2.41. The van der Waals surface area contributed by atoms with E-state index < -0.39 is 9.04 Å². The zero-order valence-electron chi connectivity index (χ0n) is 12.6. The lowest BCUT2D eigenvalue weighted by Crippen LogP contribution is -2.40. The molecular formula is C15H25O2Si. The third kappa shape index (κ3) is 4.05. The Morgan fingerprint density at radius 2 is 1.17 bits per heavy atom. The first-order chi connectivity index (χ1) is 8.14. The molecule has 1 aromatic carbocycles. The zero-order chi connectivity index (χ0) is 14.0. The number of hydrogen-bond donors (Lipinski definition) is 0. The van der Waals surface area contributed by atoms with E-state index in [0.717, 1.165) is 11.5 Å². The van der Waals surface area contributed by atoms with E-state index in [0.29, 0.717) is 0 Å². The van der Waals surface area contributed by atoms with Gasteiger partial charge in [0.05, 0.1) is 7.11 Å². The van der Waals surface area contributed by atoms with Crippen molar-refractivity contribution in [2.75, 3.05) is 7.11 Å². The van der Waals surface area contributed by atoms with Gasteiger partial charge in [0, 0.05) is 0 Å². The summed E-state index contributed by atoms with van der Waals surface area (Å²) in [7, 11) is 0.688. The molecular weight excluding hydrogens is 240 g/mol. The summed E-state index contributed by atoms with van der Waals surface area (Å²) in [6, 6.07) is 7.86. The van der Waals surface area contributed by atoms with Crippen molar-refractivity contribution >= 4 is 9.04 Å². The van der Waals surface area contributed by atoms with Crippen LogP contribution in [-0.2, 0) is 0 Å². The summed E-state index contributed by atoms with van der Waals surface area (Å²) in [5.74, 6) is 1.80. The first-order valence-electron chi connectivity index (χ1n) is 6.34. The molecule has 0 bridgehead atoms. The SMILES string of the molecule is COc1ccc(O[Si](C(C)(C)C)C(C)(C)C)cc1. The van der Waals surface area contributed by atoms with Gasteiger partial charge in [0.2, 0.25) is 0 Å². The molecule has 1 radical (unpaired) electrons. The second-order valence-electron chi connectivity index (χ2n) is 6.61. The van der Waals surface area contributed by atoms with Gasteiger partial charge >= 0.3 is 0 Å². The van der Waals surface area contributed by atoms with Crippen molar-refractivity contribution in [3.05, 3.63) is 24.3 Å². The lowest BCUT2D eigenvalue weighted by molar-refractivity contribution is 0.413. The van der Waals surface area contributed by atoms with Gasteiger partial charge in [-0.2, -0.15) is 0 Å². The summed E-state index contributed by atoms with van der Waals surface area (Å²) in [4.78, 5) is 0. The van der Waals surface area contributed by atoms with Gasteiger partial charge in [-0.15, -0.1) is 0 Å². The quantitative estimate of drug-likeness (QED) is 0.740. The molecule has 1 rings (SSSR count). The minimum Gasteiger partial charge on any atom is -0.541 e. The molecule has 0 aliphatic rings. The highest BCUT2D eigenvalue weighted by Crippen LogP contribution is 2.42. The number of ether oxygens (including phenoxy) is 1. The van der Waals surface area contributed by atoms with Gasteiger partial charge in [-0.25, -0.2) is 0 Å². The topological polar surface area (TPSA) is 18.5 Å². The molecule has 3 heteroatoms. The van der Waals surface area contributed by atoms with Gasteiger partial charge < -0.3 is 9.16 Å². The van der Waals surface area contributed by atoms with Gasteiger partial charge in [-0.05, 0) is 34.3 Å². The summed E-state index contributed by atoms with van der Waals surface area (Å²) in [6.07, 6.45) is 0. The largest absolute Gasteiger partial charge is 0.541 e. The highest BCUT2D eigenvalue weighted by molar-refractivity contribution is 6.59. The van der Waals surface area contributed by atoms with E-state index >= 15 is 0 Å². The van der Waals surface area contributed by atoms with Crippen molar-refractivity contribution in [3.63, 3.8) is 0 Å². The summed E-state index contributed by atoms with van der Waals surface area (Å²) in [6.45, 7) is 13.6. The molecule has 0 aromatic heterocycles. The molecule has 0 saturated heterocycles. The van der Waals surface area contributed by atoms with Crippen molar-refractivity contribution in [2.45, 2.75) is 51.6 Å². The van der Waals surface area contributed by atoms with Crippen LogP contribution < -0.4 is 9.16 Å². The normalized spacial score (nSPS) is 12.7. The van der Waals surface area contributed by atoms with E-state index in [1.165, 1.54) is 0 Å². The molecule has 0 amide bonds. The number of benzene rings is 1. The van der Waals surface area contributed by atoms with Crippen molar-refractivity contribution in [1.82, 2.24) is 0 Å². The average Bonchev–Trinajstić information content (AvgIpc) is 2.23. The van der Waals surface area contributed by atoms with Gasteiger partial charge in [0.25, 0.3) is 9.04 Å². The van der Waals surface area contributed by atoms with E-state index in [1.807, 2.05) is 24.3 Å². The summed E-state index contributed by atoms with van der Waals surface area (Å²) >= 11 is 0. The Morgan fingerprint density at radius 1 is 0.778 bits per heavy atom. The fraction of sp³-hybridized carbons (Fsp3) is 0.600. The van der Waals surface area contributed by atoms with Crippen LogP contribution in [-0.4, -0.2) is 16.2 Å². The maximum atomic E-state index is 6.29. The van der Waals surface area contributed by atoms with Crippen LogP contribution in [0.1, 0.15) is 41.5 Å². The third-order valence-electron chi connectivity index (χ3n) is 2.64. The van der Waals surface area contributed by atoms with Crippen LogP contribution in [0.15, 0.2) is 24.3 Å². The Hall–Kier alpha value is -0.963. The van der Waals surface area contributed by atoms with Crippen LogP contribution in [0, 0.1) is 0 Å². The van der Waals surface area contributed by atoms with Crippen LogP contribution >= 0.6 is 0 Å². The monoisotopic (exact) mass is 265 g/mol. The Balaban J connectivity index is 2.90. The molecule has 0 heterocycles. The maximum Gasteiger partial charge on any atom is 0.292 e. The van der Waals surface area contributed by atoms with E-state index in [1.54, 1.807) is 7.11 Å².